The second-order valence-corrected chi connectivity index (χ2v) is 9.27. The molecule has 0 spiro atoms. The summed E-state index contributed by atoms with van der Waals surface area (Å²) in [6.45, 7) is 10.3. The highest BCUT2D eigenvalue weighted by molar-refractivity contribution is 6.05. The fourth-order valence-corrected chi connectivity index (χ4v) is 4.66. The fraction of sp³-hybridized carbons (Fsp3) is 0.640. The van der Waals surface area contributed by atoms with Crippen molar-refractivity contribution in [3.05, 3.63) is 23.3 Å². The number of fused-ring (bicyclic) bond motifs is 1. The molecule has 2 aliphatic rings. The molecule has 3 rings (SSSR count). The summed E-state index contributed by atoms with van der Waals surface area (Å²) in [5, 5.41) is 13.3. The minimum Gasteiger partial charge on any atom is -0.475 e. The van der Waals surface area contributed by atoms with Crippen molar-refractivity contribution in [1.29, 1.82) is 5.26 Å². The molecule has 0 bridgehead atoms. The Balaban J connectivity index is 2.06. The first-order valence-corrected chi connectivity index (χ1v) is 11.9. The Bertz CT molecular complexity index is 920. The van der Waals surface area contributed by atoms with E-state index in [1.807, 2.05) is 25.7 Å². The number of ether oxygens (including phenoxy) is 2. The van der Waals surface area contributed by atoms with E-state index < -0.39 is 5.60 Å². The summed E-state index contributed by atoms with van der Waals surface area (Å²) in [5.74, 6) is 0.125. The normalized spacial score (nSPS) is 22.5. The number of carbonyl (C=O) groups is 2. The van der Waals surface area contributed by atoms with E-state index >= 15 is 0 Å². The van der Waals surface area contributed by atoms with Crippen LogP contribution < -0.4 is 15.0 Å². The largest absolute Gasteiger partial charge is 0.475 e. The number of benzene rings is 1. The molecule has 1 aromatic rings. The molecule has 2 aliphatic heterocycles. The number of anilines is 1. The molecule has 0 radical (unpaired) electrons. The first kappa shape index (κ1) is 25.0. The van der Waals surface area contributed by atoms with Crippen molar-refractivity contribution >= 4 is 17.5 Å². The van der Waals surface area contributed by atoms with Crippen molar-refractivity contribution in [3.8, 4) is 11.8 Å². The molecule has 1 unspecified atom stereocenters. The number of hydrogen-bond acceptors (Lipinski definition) is 6. The number of nitrogens with one attached hydrogen (secondary N) is 1. The lowest BCUT2D eigenvalue weighted by molar-refractivity contribution is -0.134. The second kappa shape index (κ2) is 10.5. The highest BCUT2D eigenvalue weighted by Gasteiger charge is 2.44. The molecule has 0 saturated carbocycles. The summed E-state index contributed by atoms with van der Waals surface area (Å²) >= 11 is 0. The molecule has 1 aromatic carbocycles. The van der Waals surface area contributed by atoms with E-state index in [0.29, 0.717) is 43.0 Å². The number of nitriles is 1. The number of carbonyl (C=O) groups excluding carboxylic acids is 2. The zero-order valence-electron chi connectivity index (χ0n) is 20.4. The van der Waals surface area contributed by atoms with Crippen molar-refractivity contribution in [1.82, 2.24) is 10.2 Å². The van der Waals surface area contributed by atoms with Crippen LogP contribution >= 0.6 is 0 Å². The lowest BCUT2D eigenvalue weighted by atomic mass is 9.95. The molecule has 1 saturated heterocycles. The molecule has 1 N–H and O–H groups in total. The van der Waals surface area contributed by atoms with Gasteiger partial charge in [0.15, 0.2) is 5.60 Å². The van der Waals surface area contributed by atoms with Crippen LogP contribution in [0.5, 0.6) is 5.75 Å². The average Bonchev–Trinajstić information content (AvgIpc) is 2.81. The Hall–Kier alpha value is -2.63. The molecular formula is C25H36N4O4. The number of amides is 2. The van der Waals surface area contributed by atoms with Gasteiger partial charge in [-0.1, -0.05) is 6.92 Å². The van der Waals surface area contributed by atoms with Crippen LogP contribution in [0.2, 0.25) is 0 Å². The summed E-state index contributed by atoms with van der Waals surface area (Å²) in [4.78, 5) is 30.7. The lowest BCUT2D eigenvalue weighted by Gasteiger charge is -2.41. The van der Waals surface area contributed by atoms with E-state index in [-0.39, 0.29) is 29.5 Å². The van der Waals surface area contributed by atoms with Gasteiger partial charge in [-0.3, -0.25) is 9.59 Å². The summed E-state index contributed by atoms with van der Waals surface area (Å²) in [7, 11) is 1.63. The number of piperidine rings is 1. The van der Waals surface area contributed by atoms with Crippen molar-refractivity contribution < 1.29 is 19.1 Å². The van der Waals surface area contributed by atoms with E-state index in [9.17, 15) is 14.9 Å². The first-order valence-electron chi connectivity index (χ1n) is 11.9. The van der Waals surface area contributed by atoms with Gasteiger partial charge in [-0.2, -0.15) is 5.26 Å². The standard InChI is InChI=1S/C25H36N4O4/c1-6-25(4)24(31)28(11-8-12-32-5)21-14-20(18(15-26)13-22(21)33-25)23(30)29(17(2)3)19-9-7-10-27-16-19/h13-14,17,19,27H,6-12,16H2,1-5H3/t19-,25?/m1/s1. The maximum atomic E-state index is 13.8. The molecule has 33 heavy (non-hydrogen) atoms. The molecule has 0 aliphatic carbocycles. The Morgan fingerprint density at radius 1 is 1.45 bits per heavy atom. The summed E-state index contributed by atoms with van der Waals surface area (Å²) in [6, 6.07) is 5.50. The summed E-state index contributed by atoms with van der Waals surface area (Å²) in [6.07, 6.45) is 3.06. The summed E-state index contributed by atoms with van der Waals surface area (Å²) in [5.41, 5.74) is 0.0900. The van der Waals surface area contributed by atoms with Crippen molar-refractivity contribution in [3.63, 3.8) is 0 Å². The molecule has 0 aromatic heterocycles. The molecule has 1 fully saturated rings. The van der Waals surface area contributed by atoms with Gasteiger partial charge in [-0.15, -0.1) is 0 Å². The van der Waals surface area contributed by atoms with Gasteiger partial charge in [0.25, 0.3) is 11.8 Å². The molecular weight excluding hydrogens is 420 g/mol. The lowest BCUT2D eigenvalue weighted by Crippen LogP contribution is -2.54. The third kappa shape index (κ3) is 4.99. The second-order valence-electron chi connectivity index (χ2n) is 9.27. The van der Waals surface area contributed by atoms with E-state index in [1.165, 1.54) is 0 Å². The van der Waals surface area contributed by atoms with Crippen molar-refractivity contribution in [2.75, 3.05) is 38.3 Å². The van der Waals surface area contributed by atoms with E-state index in [0.717, 1.165) is 25.9 Å². The Labute approximate surface area is 196 Å². The van der Waals surface area contributed by atoms with Gasteiger partial charge in [0.2, 0.25) is 0 Å². The highest BCUT2D eigenvalue weighted by atomic mass is 16.5. The van der Waals surface area contributed by atoms with Gasteiger partial charge in [0.1, 0.15) is 11.8 Å². The highest BCUT2D eigenvalue weighted by Crippen LogP contribution is 2.41. The maximum absolute atomic E-state index is 13.8. The number of hydrogen-bond donors (Lipinski definition) is 1. The zero-order valence-corrected chi connectivity index (χ0v) is 20.4. The molecule has 2 amide bonds. The van der Waals surface area contributed by atoms with Crippen LogP contribution in [0.25, 0.3) is 0 Å². The zero-order chi connectivity index (χ0) is 24.2. The summed E-state index contributed by atoms with van der Waals surface area (Å²) < 4.78 is 11.3. The Kier molecular flexibility index (Phi) is 7.98. The number of nitrogens with zero attached hydrogens (tertiary/aromatic N) is 3. The Morgan fingerprint density at radius 2 is 2.21 bits per heavy atom. The van der Waals surface area contributed by atoms with Crippen molar-refractivity contribution in [2.45, 2.75) is 71.1 Å². The van der Waals surface area contributed by atoms with Crippen LogP contribution in [0.3, 0.4) is 0 Å². The van der Waals surface area contributed by atoms with E-state index in [1.54, 1.807) is 31.1 Å². The molecule has 8 nitrogen and oxygen atoms in total. The predicted octanol–water partition coefficient (Wildman–Crippen LogP) is 3.09. The van der Waals surface area contributed by atoms with Crippen LogP contribution in [0.4, 0.5) is 5.69 Å². The average molecular weight is 457 g/mol. The third-order valence-electron chi connectivity index (χ3n) is 6.63. The van der Waals surface area contributed by atoms with E-state index in [2.05, 4.69) is 11.4 Å². The SMILES string of the molecule is CCC1(C)Oc2cc(C#N)c(C(=O)N(C(C)C)[C@@H]3CCCNC3)cc2N(CCCOC)C1=O. The van der Waals surface area contributed by atoms with Gasteiger partial charge in [0.05, 0.1) is 16.8 Å². The topological polar surface area (TPSA) is 94.9 Å². The molecule has 180 valence electrons. The van der Waals surface area contributed by atoms with E-state index in [4.69, 9.17) is 9.47 Å². The van der Waals surface area contributed by atoms with Crippen LogP contribution in [0.15, 0.2) is 12.1 Å². The van der Waals surface area contributed by atoms with Crippen LogP contribution in [0, 0.1) is 11.3 Å². The quantitative estimate of drug-likeness (QED) is 0.604. The molecule has 2 heterocycles. The molecule has 8 heteroatoms. The minimum atomic E-state index is -1.02. The number of rotatable bonds is 8. The van der Waals surface area contributed by atoms with Gasteiger partial charge >= 0.3 is 0 Å². The van der Waals surface area contributed by atoms with Gasteiger partial charge in [0, 0.05) is 45.0 Å². The molecule has 2 atom stereocenters. The monoisotopic (exact) mass is 456 g/mol. The van der Waals surface area contributed by atoms with Crippen molar-refractivity contribution in [2.24, 2.45) is 0 Å². The van der Waals surface area contributed by atoms with Crippen LogP contribution in [-0.2, 0) is 9.53 Å². The fourth-order valence-electron chi connectivity index (χ4n) is 4.66. The minimum absolute atomic E-state index is 0.0240. The third-order valence-corrected chi connectivity index (χ3v) is 6.63. The number of methoxy groups -OCH3 is 1. The van der Waals surface area contributed by atoms with Gasteiger partial charge in [-0.05, 0) is 59.1 Å². The first-order chi connectivity index (χ1) is 15.8. The van der Waals surface area contributed by atoms with Gasteiger partial charge < -0.3 is 24.6 Å². The Morgan fingerprint density at radius 3 is 2.79 bits per heavy atom. The smallest absolute Gasteiger partial charge is 0.270 e. The maximum Gasteiger partial charge on any atom is 0.270 e. The predicted molar refractivity (Wildman–Crippen MR) is 127 cm³/mol. The van der Waals surface area contributed by atoms with Crippen LogP contribution in [-0.4, -0.2) is 67.7 Å². The van der Waals surface area contributed by atoms with Crippen LogP contribution in [0.1, 0.15) is 69.3 Å². The van der Waals surface area contributed by atoms with Gasteiger partial charge in [-0.25, -0.2) is 0 Å².